The molecule has 0 atom stereocenters. The molecule has 0 aliphatic carbocycles. The normalized spacial score (nSPS) is 14.2. The highest BCUT2D eigenvalue weighted by Crippen LogP contribution is 2.53. The quantitative estimate of drug-likeness (QED) is 0.147. The van der Waals surface area contributed by atoms with E-state index in [0.29, 0.717) is 0 Å². The average molecular weight is 1190 g/mol. The summed E-state index contributed by atoms with van der Waals surface area (Å²) in [5, 5.41) is 0. The van der Waals surface area contributed by atoms with Crippen LogP contribution in [0.1, 0.15) is 51.3 Å². The van der Waals surface area contributed by atoms with Crippen LogP contribution in [0.25, 0.3) is 0 Å². The Bertz CT molecular complexity index is 5070. The summed E-state index contributed by atoms with van der Waals surface area (Å²) in [7, 11) is 0. The largest absolute Gasteiger partial charge is 0.311 e. The topological polar surface area (TPSA) is 19.4 Å². The fourth-order valence-corrected chi connectivity index (χ4v) is 15.9. The van der Waals surface area contributed by atoms with Gasteiger partial charge in [0.15, 0.2) is 0 Å². The van der Waals surface area contributed by atoms with Crippen LogP contribution in [-0.2, 0) is 10.8 Å². The van der Waals surface area contributed by atoms with Gasteiger partial charge in [-0.15, -0.1) is 0 Å². The van der Waals surface area contributed by atoms with Crippen molar-refractivity contribution in [1.82, 2.24) is 0 Å². The van der Waals surface area contributed by atoms with Gasteiger partial charge in [-0.05, 0) is 194 Å². The lowest BCUT2D eigenvalue weighted by atomic mass is 9.30. The van der Waals surface area contributed by atoms with Crippen molar-refractivity contribution >= 4 is 149 Å². The van der Waals surface area contributed by atoms with Gasteiger partial charge in [0.05, 0.1) is 11.4 Å². The molecule has 0 saturated heterocycles. The van der Waals surface area contributed by atoms with E-state index in [2.05, 4.69) is 373 Å². The minimum atomic E-state index is -0.371. The molecule has 442 valence electrons. The number of rotatable bonds is 7. The Morgan fingerprint density at radius 2 is 0.634 bits per heavy atom. The molecule has 0 fully saturated rings. The van der Waals surface area contributed by atoms with E-state index in [0.717, 1.165) is 91.0 Å². The molecule has 0 radical (unpaired) electrons. The molecule has 6 bridgehead atoms. The van der Waals surface area contributed by atoms with Crippen molar-refractivity contribution < 1.29 is 0 Å². The van der Waals surface area contributed by atoms with Crippen molar-refractivity contribution in [1.29, 1.82) is 0 Å². The van der Waals surface area contributed by atoms with Gasteiger partial charge in [0.2, 0.25) is 0 Å². The highest BCUT2D eigenvalue weighted by molar-refractivity contribution is 7.03. The maximum absolute atomic E-state index is 2.66. The van der Waals surface area contributed by atoms with Gasteiger partial charge < -0.3 is 29.4 Å². The van der Waals surface area contributed by atoms with Crippen molar-refractivity contribution in [3.05, 3.63) is 326 Å². The number of fused-ring (bicyclic) bond motifs is 15. The van der Waals surface area contributed by atoms with Gasteiger partial charge in [-0.25, -0.2) is 0 Å². The van der Waals surface area contributed by atoms with Crippen LogP contribution in [0.4, 0.5) is 102 Å². The average Bonchev–Trinajstić information content (AvgIpc) is 0.687. The summed E-state index contributed by atoms with van der Waals surface area (Å²) in [6.07, 6.45) is 0. The zero-order chi connectivity index (χ0) is 62.3. The fraction of sp³-hybridized carbons (Fsp3) is 0.0824. The fourth-order valence-electron chi connectivity index (χ4n) is 15.9. The second-order valence-corrected chi connectivity index (χ2v) is 27.0. The lowest BCUT2D eigenvalue weighted by Crippen LogP contribution is -2.65. The van der Waals surface area contributed by atoms with Gasteiger partial charge in [0.1, 0.15) is 0 Å². The number of nitrogens with zero attached hydrogens (tertiary/aromatic N) is 6. The molecule has 5 heterocycles. The molecule has 0 N–H and O–H groups in total. The smallest absolute Gasteiger partial charge is 0.252 e. The van der Waals surface area contributed by atoms with Crippen molar-refractivity contribution in [2.24, 2.45) is 0 Å². The highest BCUT2D eigenvalue weighted by atomic mass is 15.2. The molecule has 13 aromatic carbocycles. The van der Waals surface area contributed by atoms with Crippen LogP contribution in [0.5, 0.6) is 0 Å². The number of anilines is 18. The van der Waals surface area contributed by atoms with Crippen molar-refractivity contribution in [3.63, 3.8) is 0 Å². The van der Waals surface area contributed by atoms with E-state index in [1.807, 2.05) is 0 Å². The van der Waals surface area contributed by atoms with Crippen LogP contribution in [0.15, 0.2) is 309 Å². The Labute approximate surface area is 546 Å². The zero-order valence-corrected chi connectivity index (χ0v) is 52.8. The number of hydrogen-bond acceptors (Lipinski definition) is 6. The van der Waals surface area contributed by atoms with Crippen molar-refractivity contribution in [2.45, 2.75) is 45.4 Å². The first kappa shape index (κ1) is 54.7. The van der Waals surface area contributed by atoms with Crippen LogP contribution < -0.4 is 62.2 Å². The molecular formula is C85H66B2N6. The van der Waals surface area contributed by atoms with E-state index >= 15 is 0 Å². The van der Waals surface area contributed by atoms with Gasteiger partial charge in [0.25, 0.3) is 13.4 Å². The maximum atomic E-state index is 2.66. The second kappa shape index (κ2) is 20.9. The Morgan fingerprint density at radius 1 is 0.269 bits per heavy atom. The lowest BCUT2D eigenvalue weighted by molar-refractivity contribution is 0.590. The summed E-state index contributed by atoms with van der Waals surface area (Å²) in [6, 6.07) is 116. The van der Waals surface area contributed by atoms with E-state index in [1.165, 1.54) is 60.8 Å². The van der Waals surface area contributed by atoms with Crippen LogP contribution in [0, 0.1) is 0 Å². The summed E-state index contributed by atoms with van der Waals surface area (Å²) in [6.45, 7) is 11.4. The third-order valence-corrected chi connectivity index (χ3v) is 20.3. The Hall–Kier alpha value is -11.2. The highest BCUT2D eigenvalue weighted by Gasteiger charge is 2.49. The lowest BCUT2D eigenvalue weighted by Gasteiger charge is -2.48. The minimum absolute atomic E-state index is 0.137. The molecule has 5 aliphatic rings. The van der Waals surface area contributed by atoms with E-state index in [-0.39, 0.29) is 24.3 Å². The Morgan fingerprint density at radius 3 is 1.10 bits per heavy atom. The summed E-state index contributed by atoms with van der Waals surface area (Å²) < 4.78 is 0. The summed E-state index contributed by atoms with van der Waals surface area (Å²) in [4.78, 5) is 15.3. The van der Waals surface area contributed by atoms with E-state index in [1.54, 1.807) is 0 Å². The molecule has 8 heteroatoms. The Balaban J connectivity index is 0.994. The molecule has 0 amide bonds. The van der Waals surface area contributed by atoms with Crippen LogP contribution in [-0.4, -0.2) is 13.4 Å². The molecule has 6 nitrogen and oxygen atoms in total. The predicted molar refractivity (Wildman–Crippen MR) is 395 cm³/mol. The number of hydrogen-bond donors (Lipinski definition) is 0. The molecular weight excluding hydrogens is 1130 g/mol. The monoisotopic (exact) mass is 1190 g/mol. The molecule has 0 saturated carbocycles. The number of para-hydroxylation sites is 7. The summed E-state index contributed by atoms with van der Waals surface area (Å²) >= 11 is 0. The van der Waals surface area contributed by atoms with E-state index in [9.17, 15) is 0 Å². The van der Waals surface area contributed by atoms with Crippen molar-refractivity contribution in [3.8, 4) is 0 Å². The zero-order valence-electron chi connectivity index (χ0n) is 52.8. The minimum Gasteiger partial charge on any atom is -0.311 e. The van der Waals surface area contributed by atoms with Gasteiger partial charge >= 0.3 is 0 Å². The first-order valence-corrected chi connectivity index (χ1v) is 32.6. The SMILES string of the molecule is CC(C)(C)c1cccc(N2c3cc4c(cc3B3c5ccccc5N(c5ccccc5)c5cc(N(c6ccccc6)c6ccccc6)cc2c53)B2c3ccccc3N(c3ccccc3)c3cc5cc(c32)N4c2cccc(c2)C(C)(C)c2cccc(c2)N5c2ccccc2)c1. The molecule has 18 rings (SSSR count). The molecule has 5 aliphatic heterocycles. The van der Waals surface area contributed by atoms with E-state index < -0.39 is 0 Å². The summed E-state index contributed by atoms with van der Waals surface area (Å²) in [5.41, 5.74) is 31.0. The predicted octanol–water partition coefficient (Wildman–Crippen LogP) is 18.7. The third-order valence-electron chi connectivity index (χ3n) is 20.3. The molecule has 13 aromatic rings. The van der Waals surface area contributed by atoms with Crippen molar-refractivity contribution in [2.75, 3.05) is 29.4 Å². The molecule has 93 heavy (non-hydrogen) atoms. The molecule has 0 spiro atoms. The van der Waals surface area contributed by atoms with Gasteiger partial charge in [0, 0.05) is 96.4 Å². The van der Waals surface area contributed by atoms with Gasteiger partial charge in [-0.2, -0.15) is 0 Å². The molecule has 0 unspecified atom stereocenters. The third kappa shape index (κ3) is 8.51. The maximum Gasteiger partial charge on any atom is 0.252 e. The van der Waals surface area contributed by atoms with Crippen LogP contribution in [0.3, 0.4) is 0 Å². The first-order valence-electron chi connectivity index (χ1n) is 32.6. The Kier molecular flexibility index (Phi) is 12.3. The molecule has 0 aromatic heterocycles. The van der Waals surface area contributed by atoms with Gasteiger partial charge in [-0.1, -0.05) is 204 Å². The van der Waals surface area contributed by atoms with Crippen LogP contribution >= 0.6 is 0 Å². The van der Waals surface area contributed by atoms with Crippen LogP contribution in [0.2, 0.25) is 0 Å². The second-order valence-electron chi connectivity index (χ2n) is 27.0. The number of benzene rings is 13. The first-order chi connectivity index (χ1) is 45.5. The van der Waals surface area contributed by atoms with E-state index in [4.69, 9.17) is 0 Å². The van der Waals surface area contributed by atoms with Gasteiger partial charge in [-0.3, -0.25) is 0 Å². The summed E-state index contributed by atoms with van der Waals surface area (Å²) in [5.74, 6) is 0. The standard InChI is InChI=1S/C85H66B2N6/c1-84(2,3)57-28-25-42-66(48-57)92-76-56-77-73(55-72(76)86-70-44-21-23-46-74(70)90(63-37-17-9-18-38-63)78-51-68(52-80(92)82(78)86)88(60-31-11-6-12-32-60)61-33-13-7-14-34-61)87-71-45-22-24-47-75(71)91(64-39-19-10-20-40-64)79-53-69-54-81(83(79)87)93(77)67-43-27-30-59(50-67)85(4,5)58-29-26-41-65(49-58)89(69)62-35-15-8-16-36-62/h6-56H,1-5H3.